The van der Waals surface area contributed by atoms with Gasteiger partial charge in [-0.3, -0.25) is 4.98 Å². The maximum absolute atomic E-state index is 6.23. The van der Waals surface area contributed by atoms with E-state index in [1.165, 1.54) is 0 Å². The van der Waals surface area contributed by atoms with Crippen LogP contribution in [0, 0.1) is 0 Å². The van der Waals surface area contributed by atoms with Crippen molar-refractivity contribution >= 4 is 38.4 Å². The summed E-state index contributed by atoms with van der Waals surface area (Å²) >= 11 is 9.59. The molecule has 2 heterocycles. The van der Waals surface area contributed by atoms with Crippen LogP contribution < -0.4 is 9.47 Å². The highest BCUT2D eigenvalue weighted by atomic mass is 79.9. The van der Waals surface area contributed by atoms with Crippen LogP contribution in [0.1, 0.15) is 6.42 Å². The summed E-state index contributed by atoms with van der Waals surface area (Å²) in [6.45, 7) is 1.33. The molecule has 0 spiro atoms. The van der Waals surface area contributed by atoms with Crippen molar-refractivity contribution in [3.8, 4) is 11.5 Å². The Balaban J connectivity index is 2.26. The van der Waals surface area contributed by atoms with E-state index < -0.39 is 0 Å². The summed E-state index contributed by atoms with van der Waals surface area (Å²) in [5.74, 6) is 1.47. The van der Waals surface area contributed by atoms with E-state index in [9.17, 15) is 0 Å². The predicted octanol–water partition coefficient (Wildman–Crippen LogP) is 3.81. The largest absolute Gasteiger partial charge is 0.490 e. The van der Waals surface area contributed by atoms with E-state index in [0.717, 1.165) is 33.3 Å². The van der Waals surface area contributed by atoms with Crippen LogP contribution in [0.5, 0.6) is 11.5 Å². The molecule has 0 N–H and O–H groups in total. The van der Waals surface area contributed by atoms with Gasteiger partial charge in [0.25, 0.3) is 0 Å². The third-order valence-corrected chi connectivity index (χ3v) is 3.87. The number of hydrogen-bond acceptors (Lipinski definition) is 3. The molecule has 0 bridgehead atoms. The SMILES string of the molecule is Clc1c(Br)cnc2cc3c(cc12)OCCCO3. The van der Waals surface area contributed by atoms with Gasteiger partial charge in [-0.2, -0.15) is 0 Å². The van der Waals surface area contributed by atoms with Gasteiger partial charge in [-0.15, -0.1) is 0 Å². The first kappa shape index (κ1) is 11.1. The molecule has 0 aliphatic carbocycles. The van der Waals surface area contributed by atoms with Crippen molar-refractivity contribution in [1.29, 1.82) is 0 Å². The Morgan fingerprint density at radius 3 is 2.65 bits per heavy atom. The Morgan fingerprint density at radius 2 is 1.88 bits per heavy atom. The number of rotatable bonds is 0. The van der Waals surface area contributed by atoms with Crippen LogP contribution in [0.4, 0.5) is 0 Å². The van der Waals surface area contributed by atoms with Crippen molar-refractivity contribution in [3.05, 3.63) is 27.8 Å². The second-order valence-corrected chi connectivity index (χ2v) is 5.02. The fourth-order valence-corrected chi connectivity index (χ4v) is 2.31. The van der Waals surface area contributed by atoms with E-state index in [4.69, 9.17) is 21.1 Å². The molecule has 1 aliphatic rings. The molecular weight excluding hydrogens is 305 g/mol. The lowest BCUT2D eigenvalue weighted by molar-refractivity contribution is 0.297. The summed E-state index contributed by atoms with van der Waals surface area (Å²) in [6, 6.07) is 3.75. The number of ether oxygens (including phenoxy) is 2. The molecule has 1 aliphatic heterocycles. The van der Waals surface area contributed by atoms with Crippen molar-refractivity contribution in [3.63, 3.8) is 0 Å². The number of hydrogen-bond donors (Lipinski definition) is 0. The first-order chi connectivity index (χ1) is 8.25. The minimum atomic E-state index is 0.644. The van der Waals surface area contributed by atoms with Crippen LogP contribution in [-0.2, 0) is 0 Å². The topological polar surface area (TPSA) is 31.4 Å². The smallest absolute Gasteiger partial charge is 0.163 e. The molecule has 88 valence electrons. The lowest BCUT2D eigenvalue weighted by atomic mass is 10.2. The fraction of sp³-hybridized carbons (Fsp3) is 0.250. The van der Waals surface area contributed by atoms with Gasteiger partial charge in [-0.25, -0.2) is 0 Å². The number of aromatic nitrogens is 1. The minimum absolute atomic E-state index is 0.644. The van der Waals surface area contributed by atoms with Crippen LogP contribution in [0.2, 0.25) is 5.02 Å². The highest BCUT2D eigenvalue weighted by Crippen LogP contribution is 2.38. The molecule has 1 aromatic heterocycles. The molecule has 1 aromatic carbocycles. The average molecular weight is 315 g/mol. The summed E-state index contributed by atoms with van der Waals surface area (Å²) < 4.78 is 12.0. The van der Waals surface area contributed by atoms with Crippen LogP contribution in [0.15, 0.2) is 22.8 Å². The van der Waals surface area contributed by atoms with Crippen molar-refractivity contribution in [2.75, 3.05) is 13.2 Å². The minimum Gasteiger partial charge on any atom is -0.490 e. The van der Waals surface area contributed by atoms with Gasteiger partial charge in [-0.1, -0.05) is 11.6 Å². The van der Waals surface area contributed by atoms with Gasteiger partial charge in [0.1, 0.15) is 0 Å². The monoisotopic (exact) mass is 313 g/mol. The van der Waals surface area contributed by atoms with Crippen LogP contribution >= 0.6 is 27.5 Å². The van der Waals surface area contributed by atoms with E-state index in [1.54, 1.807) is 6.20 Å². The maximum Gasteiger partial charge on any atom is 0.163 e. The van der Waals surface area contributed by atoms with Gasteiger partial charge in [0.05, 0.1) is 28.2 Å². The molecule has 0 unspecified atom stereocenters. The standard InChI is InChI=1S/C12H9BrClNO2/c13-8-6-15-9-5-11-10(4-7(9)12(8)14)16-2-1-3-17-11/h4-6H,1-3H2. The van der Waals surface area contributed by atoms with Crippen LogP contribution in [0.3, 0.4) is 0 Å². The van der Waals surface area contributed by atoms with Gasteiger partial charge in [-0.05, 0) is 22.0 Å². The van der Waals surface area contributed by atoms with Gasteiger partial charge < -0.3 is 9.47 Å². The van der Waals surface area contributed by atoms with E-state index >= 15 is 0 Å². The third-order valence-electron chi connectivity index (χ3n) is 2.63. The van der Waals surface area contributed by atoms with Crippen LogP contribution in [0.25, 0.3) is 10.9 Å². The number of pyridine rings is 1. The highest BCUT2D eigenvalue weighted by Gasteiger charge is 2.14. The molecule has 2 aromatic rings. The normalized spacial score (nSPS) is 14.7. The van der Waals surface area contributed by atoms with E-state index in [-0.39, 0.29) is 0 Å². The summed E-state index contributed by atoms with van der Waals surface area (Å²) in [6.07, 6.45) is 2.57. The first-order valence-electron chi connectivity index (χ1n) is 5.29. The molecule has 0 fully saturated rings. The summed E-state index contributed by atoms with van der Waals surface area (Å²) in [4.78, 5) is 4.31. The summed E-state index contributed by atoms with van der Waals surface area (Å²) in [5, 5.41) is 1.51. The molecule has 0 amide bonds. The zero-order valence-electron chi connectivity index (χ0n) is 8.87. The maximum atomic E-state index is 6.23. The second-order valence-electron chi connectivity index (χ2n) is 3.79. The van der Waals surface area contributed by atoms with Gasteiger partial charge >= 0.3 is 0 Å². The molecule has 17 heavy (non-hydrogen) atoms. The highest BCUT2D eigenvalue weighted by molar-refractivity contribution is 9.10. The Hall–Kier alpha value is -1.00. The zero-order chi connectivity index (χ0) is 11.8. The van der Waals surface area contributed by atoms with Crippen molar-refractivity contribution in [1.82, 2.24) is 4.98 Å². The molecule has 5 heteroatoms. The van der Waals surface area contributed by atoms with E-state index in [1.807, 2.05) is 12.1 Å². The predicted molar refractivity (Wildman–Crippen MR) is 70.1 cm³/mol. The Morgan fingerprint density at radius 1 is 1.18 bits per heavy atom. The van der Waals surface area contributed by atoms with Crippen molar-refractivity contribution in [2.45, 2.75) is 6.42 Å². The number of nitrogens with zero attached hydrogens (tertiary/aromatic N) is 1. The van der Waals surface area contributed by atoms with Gasteiger partial charge in [0.2, 0.25) is 0 Å². The quantitative estimate of drug-likeness (QED) is 0.741. The fourth-order valence-electron chi connectivity index (χ4n) is 1.79. The molecule has 3 rings (SSSR count). The Kier molecular flexibility index (Phi) is 2.84. The molecular formula is C12H9BrClNO2. The van der Waals surface area contributed by atoms with Gasteiger partial charge in [0.15, 0.2) is 11.5 Å². The number of halogens is 2. The zero-order valence-corrected chi connectivity index (χ0v) is 11.2. The molecule has 0 saturated heterocycles. The van der Waals surface area contributed by atoms with E-state index in [0.29, 0.717) is 18.2 Å². The van der Waals surface area contributed by atoms with Crippen LogP contribution in [-0.4, -0.2) is 18.2 Å². The summed E-state index contributed by atoms with van der Waals surface area (Å²) in [7, 11) is 0. The molecule has 0 saturated carbocycles. The molecule has 0 radical (unpaired) electrons. The number of fused-ring (bicyclic) bond motifs is 2. The molecule has 3 nitrogen and oxygen atoms in total. The Bertz CT molecular complexity index is 588. The van der Waals surface area contributed by atoms with Gasteiger partial charge in [0, 0.05) is 24.1 Å². The van der Waals surface area contributed by atoms with E-state index in [2.05, 4.69) is 20.9 Å². The third kappa shape index (κ3) is 1.96. The number of benzene rings is 1. The van der Waals surface area contributed by atoms with Crippen molar-refractivity contribution < 1.29 is 9.47 Å². The lowest BCUT2D eigenvalue weighted by Crippen LogP contribution is -1.97. The molecule has 0 atom stereocenters. The Labute approximate surface area is 112 Å². The first-order valence-corrected chi connectivity index (χ1v) is 6.46. The van der Waals surface area contributed by atoms with Crippen molar-refractivity contribution in [2.24, 2.45) is 0 Å². The average Bonchev–Trinajstić information content (AvgIpc) is 2.57. The lowest BCUT2D eigenvalue weighted by Gasteiger charge is -2.09. The second kappa shape index (κ2) is 4.35. The summed E-state index contributed by atoms with van der Waals surface area (Å²) in [5.41, 5.74) is 0.808.